The number of hydrogen-bond donors (Lipinski definition) is 0. The molecule has 2 rings (SSSR count). The molecule has 0 amide bonds. The molecule has 1 aromatic heterocycles. The van der Waals surface area contributed by atoms with Gasteiger partial charge in [-0.15, -0.1) is 0 Å². The van der Waals surface area contributed by atoms with Gasteiger partial charge in [-0.25, -0.2) is 0 Å². The fourth-order valence-corrected chi connectivity index (χ4v) is 3.63. The molecule has 0 spiro atoms. The van der Waals surface area contributed by atoms with Crippen molar-refractivity contribution in [3.8, 4) is 0 Å². The fourth-order valence-electron chi connectivity index (χ4n) is 3.63. The Morgan fingerprint density at radius 1 is 1.41 bits per heavy atom. The van der Waals surface area contributed by atoms with Gasteiger partial charge in [-0.3, -0.25) is 4.98 Å². The van der Waals surface area contributed by atoms with Crippen molar-refractivity contribution in [2.75, 3.05) is 0 Å². The molecule has 0 radical (unpaired) electrons. The fraction of sp³-hybridized carbons (Fsp3) is 0.476. The smallest absolute Gasteiger partial charge is 0.0664 e. The average Bonchev–Trinajstić information content (AvgIpc) is 2.54. The van der Waals surface area contributed by atoms with E-state index in [9.17, 15) is 0 Å². The minimum Gasteiger partial charge on any atom is -0.257 e. The van der Waals surface area contributed by atoms with Gasteiger partial charge in [-0.1, -0.05) is 63.1 Å². The molecule has 1 heterocycles. The van der Waals surface area contributed by atoms with Crippen LogP contribution in [0, 0.1) is 17.3 Å². The lowest BCUT2D eigenvalue weighted by Gasteiger charge is -2.42. The quantitative estimate of drug-likeness (QED) is 0.602. The van der Waals surface area contributed by atoms with Crippen LogP contribution in [0.25, 0.3) is 5.57 Å². The summed E-state index contributed by atoms with van der Waals surface area (Å²) >= 11 is 0. The maximum Gasteiger partial charge on any atom is 0.0664 e. The van der Waals surface area contributed by atoms with E-state index in [1.54, 1.807) is 0 Å². The summed E-state index contributed by atoms with van der Waals surface area (Å²) in [4.78, 5) is 4.63. The molecule has 1 nitrogen and oxygen atoms in total. The minimum atomic E-state index is 0.157. The molecule has 1 heteroatoms. The molecule has 0 bridgehead atoms. The third-order valence-electron chi connectivity index (χ3n) is 5.35. The predicted octanol–water partition coefficient (Wildman–Crippen LogP) is 6.06. The van der Waals surface area contributed by atoms with Gasteiger partial charge in [0.25, 0.3) is 0 Å². The van der Waals surface area contributed by atoms with Crippen LogP contribution in [-0.4, -0.2) is 4.98 Å². The summed E-state index contributed by atoms with van der Waals surface area (Å²) in [6.45, 7) is 11.4. The van der Waals surface area contributed by atoms with Gasteiger partial charge in [0.2, 0.25) is 0 Å². The maximum atomic E-state index is 4.63. The summed E-state index contributed by atoms with van der Waals surface area (Å²) in [6.07, 6.45) is 13.5. The van der Waals surface area contributed by atoms with Crippen molar-refractivity contribution in [3.05, 3.63) is 60.0 Å². The van der Waals surface area contributed by atoms with Crippen molar-refractivity contribution in [1.29, 1.82) is 0 Å². The van der Waals surface area contributed by atoms with Crippen LogP contribution in [0.5, 0.6) is 0 Å². The van der Waals surface area contributed by atoms with Crippen molar-refractivity contribution in [2.45, 2.75) is 47.5 Å². The zero-order chi connectivity index (χ0) is 16.2. The maximum absolute atomic E-state index is 4.63. The van der Waals surface area contributed by atoms with Gasteiger partial charge in [0.05, 0.1) is 5.69 Å². The molecule has 0 N–H and O–H groups in total. The second-order valence-electron chi connectivity index (χ2n) is 6.73. The zero-order valence-corrected chi connectivity index (χ0v) is 14.6. The monoisotopic (exact) mass is 295 g/mol. The first-order valence-electron chi connectivity index (χ1n) is 8.46. The van der Waals surface area contributed by atoms with Gasteiger partial charge in [0.1, 0.15) is 0 Å². The zero-order valence-electron chi connectivity index (χ0n) is 14.6. The van der Waals surface area contributed by atoms with Gasteiger partial charge >= 0.3 is 0 Å². The van der Waals surface area contributed by atoms with E-state index in [4.69, 9.17) is 0 Å². The van der Waals surface area contributed by atoms with Crippen LogP contribution in [-0.2, 0) is 0 Å². The number of rotatable bonds is 5. The molecule has 0 aliphatic heterocycles. The highest BCUT2D eigenvalue weighted by atomic mass is 14.7. The van der Waals surface area contributed by atoms with E-state index in [1.807, 2.05) is 12.3 Å². The van der Waals surface area contributed by atoms with Crippen LogP contribution in [0.3, 0.4) is 0 Å². The highest BCUT2D eigenvalue weighted by Gasteiger charge is 2.39. The molecule has 0 saturated heterocycles. The molecule has 3 unspecified atom stereocenters. The van der Waals surface area contributed by atoms with Crippen LogP contribution in [0.2, 0.25) is 0 Å². The summed E-state index contributed by atoms with van der Waals surface area (Å²) in [7, 11) is 0. The standard InChI is InChI=1S/C21H29N/c1-6-13-21(5,17(4)7-2)19-12-11-16(3)15-18(19)20-10-8-9-14-22-20/h6,8-11,13-15,17,19H,7,12H2,1-5H3. The predicted molar refractivity (Wildman–Crippen MR) is 96.5 cm³/mol. The molecular formula is C21H29N. The van der Waals surface area contributed by atoms with E-state index in [-0.39, 0.29) is 5.41 Å². The van der Waals surface area contributed by atoms with Gasteiger partial charge in [0, 0.05) is 6.20 Å². The highest BCUT2D eigenvalue weighted by Crippen LogP contribution is 2.48. The molecule has 0 fully saturated rings. The van der Waals surface area contributed by atoms with Crippen molar-refractivity contribution in [1.82, 2.24) is 4.98 Å². The lowest BCUT2D eigenvalue weighted by Crippen LogP contribution is -2.33. The summed E-state index contributed by atoms with van der Waals surface area (Å²) in [6, 6.07) is 6.22. The normalized spacial score (nSPS) is 22.9. The second-order valence-corrected chi connectivity index (χ2v) is 6.73. The van der Waals surface area contributed by atoms with Gasteiger partial charge in [-0.2, -0.15) is 0 Å². The van der Waals surface area contributed by atoms with E-state index >= 15 is 0 Å². The van der Waals surface area contributed by atoms with Gasteiger partial charge in [-0.05, 0) is 55.2 Å². The Morgan fingerprint density at radius 3 is 2.77 bits per heavy atom. The Hall–Kier alpha value is -1.63. The second kappa shape index (κ2) is 7.09. The average molecular weight is 295 g/mol. The van der Waals surface area contributed by atoms with Crippen LogP contribution >= 0.6 is 0 Å². The molecule has 22 heavy (non-hydrogen) atoms. The van der Waals surface area contributed by atoms with Gasteiger partial charge < -0.3 is 0 Å². The van der Waals surface area contributed by atoms with Crippen LogP contribution in [0.15, 0.2) is 54.3 Å². The van der Waals surface area contributed by atoms with Crippen molar-refractivity contribution in [2.24, 2.45) is 17.3 Å². The van der Waals surface area contributed by atoms with Crippen LogP contribution in [0.4, 0.5) is 0 Å². The number of nitrogens with zero attached hydrogens (tertiary/aromatic N) is 1. The lowest BCUT2D eigenvalue weighted by molar-refractivity contribution is 0.200. The molecule has 1 aromatic rings. The van der Waals surface area contributed by atoms with Crippen LogP contribution < -0.4 is 0 Å². The highest BCUT2D eigenvalue weighted by molar-refractivity contribution is 5.70. The number of aromatic nitrogens is 1. The third kappa shape index (κ3) is 3.24. The summed E-state index contributed by atoms with van der Waals surface area (Å²) in [5.41, 5.74) is 4.02. The third-order valence-corrected chi connectivity index (χ3v) is 5.35. The van der Waals surface area contributed by atoms with Crippen LogP contribution in [0.1, 0.15) is 53.2 Å². The SMILES string of the molecule is CC=CC(C)(C(C)CC)C1CC=C(C)C=C1c1ccccn1. The summed E-state index contributed by atoms with van der Waals surface area (Å²) in [5, 5.41) is 0. The molecule has 0 aromatic carbocycles. The molecular weight excluding hydrogens is 266 g/mol. The molecule has 0 saturated carbocycles. The number of hydrogen-bond acceptors (Lipinski definition) is 1. The molecule has 118 valence electrons. The van der Waals surface area contributed by atoms with E-state index in [1.165, 1.54) is 17.6 Å². The Balaban J connectivity index is 2.50. The number of allylic oxidation sites excluding steroid dienone is 6. The van der Waals surface area contributed by atoms with E-state index in [0.717, 1.165) is 12.1 Å². The number of pyridine rings is 1. The first-order chi connectivity index (χ1) is 10.5. The first-order valence-corrected chi connectivity index (χ1v) is 8.46. The Kier molecular flexibility index (Phi) is 5.39. The summed E-state index contributed by atoms with van der Waals surface area (Å²) < 4.78 is 0. The van der Waals surface area contributed by atoms with Crippen molar-refractivity contribution in [3.63, 3.8) is 0 Å². The molecule has 3 atom stereocenters. The van der Waals surface area contributed by atoms with E-state index < -0.39 is 0 Å². The van der Waals surface area contributed by atoms with E-state index in [0.29, 0.717) is 11.8 Å². The lowest BCUT2D eigenvalue weighted by atomic mass is 9.62. The Labute approximate surface area is 135 Å². The molecule has 1 aliphatic carbocycles. The minimum absolute atomic E-state index is 0.157. The first kappa shape index (κ1) is 16.7. The Bertz CT molecular complexity index is 579. The van der Waals surface area contributed by atoms with Gasteiger partial charge in [0.15, 0.2) is 0 Å². The largest absolute Gasteiger partial charge is 0.257 e. The van der Waals surface area contributed by atoms with E-state index in [2.05, 4.69) is 76.0 Å². The van der Waals surface area contributed by atoms with Crippen molar-refractivity contribution >= 4 is 5.57 Å². The summed E-state index contributed by atoms with van der Waals surface area (Å²) in [5.74, 6) is 1.12. The topological polar surface area (TPSA) is 12.9 Å². The van der Waals surface area contributed by atoms with Crippen molar-refractivity contribution < 1.29 is 0 Å². The Morgan fingerprint density at radius 2 is 2.18 bits per heavy atom. The molecule has 1 aliphatic rings.